The Morgan fingerprint density at radius 1 is 1.32 bits per heavy atom. The zero-order chi connectivity index (χ0) is 14.7. The highest BCUT2D eigenvalue weighted by molar-refractivity contribution is 5.67. The summed E-state index contributed by atoms with van der Waals surface area (Å²) in [6.45, 7) is 7.29. The van der Waals surface area contributed by atoms with Gasteiger partial charge in [0.2, 0.25) is 0 Å². The average Bonchev–Trinajstić information content (AvgIpc) is 2.24. The van der Waals surface area contributed by atoms with Crippen molar-refractivity contribution in [2.75, 3.05) is 33.2 Å². The van der Waals surface area contributed by atoms with E-state index in [4.69, 9.17) is 4.74 Å². The molecular weight excluding hydrogens is 254 g/mol. The molecule has 0 atom stereocenters. The van der Waals surface area contributed by atoms with Crippen molar-refractivity contribution in [1.82, 2.24) is 9.80 Å². The molecule has 0 radical (unpaired) electrons. The van der Waals surface area contributed by atoms with Crippen molar-refractivity contribution >= 4 is 6.09 Å². The van der Waals surface area contributed by atoms with Crippen molar-refractivity contribution in [2.24, 2.45) is 0 Å². The van der Waals surface area contributed by atoms with E-state index in [0.29, 0.717) is 26.2 Å². The lowest BCUT2D eigenvalue weighted by Crippen LogP contribution is -2.44. The highest BCUT2D eigenvalue weighted by Crippen LogP contribution is 2.27. The van der Waals surface area contributed by atoms with E-state index in [-0.39, 0.29) is 18.9 Å². The summed E-state index contributed by atoms with van der Waals surface area (Å²) in [6, 6.07) is 0. The third kappa shape index (κ3) is 6.18. The predicted molar refractivity (Wildman–Crippen MR) is 69.5 cm³/mol. The zero-order valence-electron chi connectivity index (χ0n) is 12.2. The summed E-state index contributed by atoms with van der Waals surface area (Å²) < 4.78 is 31.2. The first-order chi connectivity index (χ1) is 8.59. The molecule has 0 N–H and O–H groups in total. The van der Waals surface area contributed by atoms with Gasteiger partial charge in [0.1, 0.15) is 5.60 Å². The molecule has 1 aliphatic heterocycles. The number of likely N-dealkylation sites (N-methyl/N-ethyl adjacent to an activating group) is 1. The Morgan fingerprint density at radius 2 is 1.84 bits per heavy atom. The van der Waals surface area contributed by atoms with Gasteiger partial charge in [-0.15, -0.1) is 0 Å². The Bertz CT molecular complexity index is 306. The van der Waals surface area contributed by atoms with Gasteiger partial charge in [-0.25, -0.2) is 13.6 Å². The van der Waals surface area contributed by atoms with E-state index < -0.39 is 11.5 Å². The minimum absolute atomic E-state index is 0.0941. The van der Waals surface area contributed by atoms with Gasteiger partial charge in [0, 0.05) is 46.1 Å². The third-order valence-electron chi connectivity index (χ3n) is 3.04. The summed E-state index contributed by atoms with van der Waals surface area (Å²) in [5, 5.41) is 0. The number of hydrogen-bond donors (Lipinski definition) is 0. The molecule has 0 saturated carbocycles. The number of hydrogen-bond acceptors (Lipinski definition) is 3. The highest BCUT2D eigenvalue weighted by atomic mass is 19.3. The first-order valence-electron chi connectivity index (χ1n) is 6.63. The van der Waals surface area contributed by atoms with E-state index in [9.17, 15) is 13.6 Å². The summed E-state index contributed by atoms with van der Waals surface area (Å²) in [6.07, 6.45) is -0.568. The van der Waals surface area contributed by atoms with E-state index in [1.165, 1.54) is 4.90 Å². The van der Waals surface area contributed by atoms with Crippen molar-refractivity contribution in [2.45, 2.75) is 45.1 Å². The number of alkyl halides is 2. The van der Waals surface area contributed by atoms with Gasteiger partial charge < -0.3 is 14.5 Å². The van der Waals surface area contributed by atoms with Crippen LogP contribution >= 0.6 is 0 Å². The minimum Gasteiger partial charge on any atom is -0.444 e. The first kappa shape index (κ1) is 16.1. The maximum atomic E-state index is 13.0. The van der Waals surface area contributed by atoms with Crippen LogP contribution in [0.4, 0.5) is 13.6 Å². The molecule has 1 saturated heterocycles. The Kier molecular flexibility index (Phi) is 5.12. The normalized spacial score (nSPS) is 20.1. The highest BCUT2D eigenvalue weighted by Gasteiger charge is 2.33. The molecule has 1 amide bonds. The second-order valence-electron chi connectivity index (χ2n) is 6.10. The molecule has 0 aromatic rings. The largest absolute Gasteiger partial charge is 0.444 e. The molecule has 4 nitrogen and oxygen atoms in total. The fraction of sp³-hybridized carbons (Fsp3) is 0.923. The van der Waals surface area contributed by atoms with Crippen LogP contribution in [0.5, 0.6) is 0 Å². The van der Waals surface area contributed by atoms with E-state index in [1.807, 2.05) is 25.7 Å². The maximum Gasteiger partial charge on any atom is 0.410 e. The van der Waals surface area contributed by atoms with Crippen LogP contribution in [-0.4, -0.2) is 60.6 Å². The van der Waals surface area contributed by atoms with Gasteiger partial charge >= 0.3 is 6.09 Å². The number of ether oxygens (including phenoxy) is 1. The number of amides is 1. The van der Waals surface area contributed by atoms with Crippen molar-refractivity contribution in [1.29, 1.82) is 0 Å². The standard InChI is InChI=1S/C13H24F2N2O2/c1-12(2,3)19-11(18)16(4)9-10-17-7-5-13(14,15)6-8-17/h5-10H2,1-4H3. The van der Waals surface area contributed by atoms with Gasteiger partial charge in [-0.1, -0.05) is 0 Å². The fourth-order valence-corrected chi connectivity index (χ4v) is 1.83. The predicted octanol–water partition coefficient (Wildman–Crippen LogP) is 2.58. The molecular formula is C13H24F2N2O2. The molecule has 112 valence electrons. The number of halogens is 2. The fourth-order valence-electron chi connectivity index (χ4n) is 1.83. The molecule has 0 spiro atoms. The molecule has 1 heterocycles. The van der Waals surface area contributed by atoms with E-state index in [1.54, 1.807) is 7.05 Å². The summed E-state index contributed by atoms with van der Waals surface area (Å²) in [5.74, 6) is -2.52. The number of nitrogens with zero attached hydrogens (tertiary/aromatic N) is 2. The Labute approximate surface area is 113 Å². The molecule has 1 aliphatic rings. The molecule has 0 unspecified atom stereocenters. The SMILES string of the molecule is CN(CCN1CCC(F)(F)CC1)C(=O)OC(C)(C)C. The number of carbonyl (C=O) groups excluding carboxylic acids is 1. The number of rotatable bonds is 3. The molecule has 0 aliphatic carbocycles. The van der Waals surface area contributed by atoms with Crippen LogP contribution in [-0.2, 0) is 4.74 Å². The summed E-state index contributed by atoms with van der Waals surface area (Å²) in [5.41, 5.74) is -0.515. The maximum absolute atomic E-state index is 13.0. The van der Waals surface area contributed by atoms with Gasteiger partial charge in [0.15, 0.2) is 0 Å². The summed E-state index contributed by atoms with van der Waals surface area (Å²) in [7, 11) is 1.66. The second kappa shape index (κ2) is 6.03. The van der Waals surface area contributed by atoms with E-state index in [0.717, 1.165) is 0 Å². The lowest BCUT2D eigenvalue weighted by molar-refractivity contribution is -0.0561. The van der Waals surface area contributed by atoms with Gasteiger partial charge in [-0.05, 0) is 20.8 Å². The van der Waals surface area contributed by atoms with Crippen LogP contribution in [0, 0.1) is 0 Å². The average molecular weight is 278 g/mol. The smallest absolute Gasteiger partial charge is 0.410 e. The number of carbonyl (C=O) groups is 1. The lowest BCUT2D eigenvalue weighted by Gasteiger charge is -2.33. The van der Waals surface area contributed by atoms with Crippen molar-refractivity contribution in [3.05, 3.63) is 0 Å². The Balaban J connectivity index is 2.27. The summed E-state index contributed by atoms with van der Waals surface area (Å²) >= 11 is 0. The Hall–Kier alpha value is -0.910. The van der Waals surface area contributed by atoms with Gasteiger partial charge in [-0.2, -0.15) is 0 Å². The van der Waals surface area contributed by atoms with Gasteiger partial charge in [-0.3, -0.25) is 0 Å². The third-order valence-corrected chi connectivity index (χ3v) is 3.04. The van der Waals surface area contributed by atoms with Gasteiger partial charge in [0.25, 0.3) is 5.92 Å². The first-order valence-corrected chi connectivity index (χ1v) is 6.63. The van der Waals surface area contributed by atoms with Crippen molar-refractivity contribution in [3.8, 4) is 0 Å². The monoisotopic (exact) mass is 278 g/mol. The van der Waals surface area contributed by atoms with Gasteiger partial charge in [0.05, 0.1) is 0 Å². The molecule has 0 aromatic heterocycles. The number of likely N-dealkylation sites (tertiary alicyclic amines) is 1. The molecule has 6 heteroatoms. The van der Waals surface area contributed by atoms with E-state index in [2.05, 4.69) is 0 Å². The molecule has 0 bridgehead atoms. The van der Waals surface area contributed by atoms with Crippen LogP contribution < -0.4 is 0 Å². The summed E-state index contributed by atoms with van der Waals surface area (Å²) in [4.78, 5) is 15.1. The molecule has 0 aromatic carbocycles. The second-order valence-corrected chi connectivity index (χ2v) is 6.10. The van der Waals surface area contributed by atoms with Crippen molar-refractivity contribution in [3.63, 3.8) is 0 Å². The number of piperidine rings is 1. The van der Waals surface area contributed by atoms with Crippen LogP contribution in [0.2, 0.25) is 0 Å². The minimum atomic E-state index is -2.52. The van der Waals surface area contributed by atoms with Crippen LogP contribution in [0.1, 0.15) is 33.6 Å². The Morgan fingerprint density at radius 3 is 2.32 bits per heavy atom. The van der Waals surface area contributed by atoms with Crippen molar-refractivity contribution < 1.29 is 18.3 Å². The molecule has 1 rings (SSSR count). The topological polar surface area (TPSA) is 32.8 Å². The lowest BCUT2D eigenvalue weighted by atomic mass is 10.1. The zero-order valence-corrected chi connectivity index (χ0v) is 12.2. The van der Waals surface area contributed by atoms with Crippen LogP contribution in [0.15, 0.2) is 0 Å². The molecule has 1 fully saturated rings. The van der Waals surface area contributed by atoms with Crippen LogP contribution in [0.25, 0.3) is 0 Å². The molecule has 19 heavy (non-hydrogen) atoms. The quantitative estimate of drug-likeness (QED) is 0.795. The van der Waals surface area contributed by atoms with E-state index >= 15 is 0 Å². The van der Waals surface area contributed by atoms with Crippen LogP contribution in [0.3, 0.4) is 0 Å².